The van der Waals surface area contributed by atoms with Crippen molar-refractivity contribution in [1.29, 1.82) is 0 Å². The highest BCUT2D eigenvalue weighted by Crippen LogP contribution is 2.31. The summed E-state index contributed by atoms with van der Waals surface area (Å²) in [6.07, 6.45) is 0. The standard InChI is InChI=1S/C19H17F2N3OS2/c20-13-10-15(21)18-16(11-13)27-19(22-18)24-8-6-23(7-9-24)17(25)12-26-14-4-2-1-3-5-14/h1-5,10-11H,6-9,12H2. The maximum atomic E-state index is 13.9. The number of anilines is 1. The Bertz CT molecular complexity index is 956. The van der Waals surface area contributed by atoms with Crippen molar-refractivity contribution in [3.8, 4) is 0 Å². The molecule has 0 bridgehead atoms. The van der Waals surface area contributed by atoms with Crippen LogP contribution in [0.2, 0.25) is 0 Å². The molecular formula is C19H17F2N3OS2. The highest BCUT2D eigenvalue weighted by molar-refractivity contribution is 8.00. The third-order valence-electron chi connectivity index (χ3n) is 4.41. The van der Waals surface area contributed by atoms with Gasteiger partial charge in [0.1, 0.15) is 11.3 Å². The van der Waals surface area contributed by atoms with Crippen molar-refractivity contribution in [2.24, 2.45) is 0 Å². The van der Waals surface area contributed by atoms with E-state index in [4.69, 9.17) is 0 Å². The van der Waals surface area contributed by atoms with Crippen LogP contribution < -0.4 is 4.90 Å². The summed E-state index contributed by atoms with van der Waals surface area (Å²) in [6, 6.07) is 12.0. The van der Waals surface area contributed by atoms with Gasteiger partial charge in [0, 0.05) is 37.1 Å². The molecule has 1 fully saturated rings. The van der Waals surface area contributed by atoms with Gasteiger partial charge in [0.15, 0.2) is 10.9 Å². The molecule has 1 amide bonds. The Morgan fingerprint density at radius 3 is 2.59 bits per heavy atom. The van der Waals surface area contributed by atoms with Gasteiger partial charge in [0.25, 0.3) is 0 Å². The molecule has 1 saturated heterocycles. The highest BCUT2D eigenvalue weighted by atomic mass is 32.2. The first-order chi connectivity index (χ1) is 13.1. The lowest BCUT2D eigenvalue weighted by molar-refractivity contribution is -0.128. The monoisotopic (exact) mass is 405 g/mol. The number of aromatic nitrogens is 1. The summed E-state index contributed by atoms with van der Waals surface area (Å²) >= 11 is 2.81. The van der Waals surface area contributed by atoms with E-state index in [1.54, 1.807) is 0 Å². The van der Waals surface area contributed by atoms with Gasteiger partial charge in [-0.25, -0.2) is 13.8 Å². The summed E-state index contributed by atoms with van der Waals surface area (Å²) in [7, 11) is 0. The molecule has 27 heavy (non-hydrogen) atoms. The number of carbonyl (C=O) groups is 1. The van der Waals surface area contributed by atoms with Gasteiger partial charge in [-0.1, -0.05) is 29.5 Å². The third-order valence-corrected chi connectivity index (χ3v) is 6.47. The molecule has 2 aromatic carbocycles. The lowest BCUT2D eigenvalue weighted by Gasteiger charge is -2.34. The summed E-state index contributed by atoms with van der Waals surface area (Å²) in [5, 5.41) is 0.667. The number of rotatable bonds is 4. The number of thioether (sulfide) groups is 1. The van der Waals surface area contributed by atoms with E-state index in [0.717, 1.165) is 11.0 Å². The van der Waals surface area contributed by atoms with E-state index in [-0.39, 0.29) is 11.4 Å². The first kappa shape index (κ1) is 18.2. The normalized spacial score (nSPS) is 14.7. The van der Waals surface area contributed by atoms with Crippen molar-refractivity contribution in [3.63, 3.8) is 0 Å². The van der Waals surface area contributed by atoms with E-state index < -0.39 is 11.6 Å². The second-order valence-electron chi connectivity index (χ2n) is 6.20. The molecule has 1 aliphatic rings. The summed E-state index contributed by atoms with van der Waals surface area (Å²) in [6.45, 7) is 2.46. The van der Waals surface area contributed by atoms with Crippen molar-refractivity contribution in [2.45, 2.75) is 4.90 Å². The van der Waals surface area contributed by atoms with Crippen LogP contribution in [0.15, 0.2) is 47.4 Å². The molecule has 0 spiro atoms. The number of hydrogen-bond acceptors (Lipinski definition) is 5. The van der Waals surface area contributed by atoms with Gasteiger partial charge in [0.2, 0.25) is 5.91 Å². The minimum atomic E-state index is -0.640. The van der Waals surface area contributed by atoms with E-state index in [0.29, 0.717) is 41.8 Å². The fraction of sp³-hybridized carbons (Fsp3) is 0.263. The lowest BCUT2D eigenvalue weighted by Crippen LogP contribution is -2.49. The molecule has 2 heterocycles. The van der Waals surface area contributed by atoms with Crippen molar-refractivity contribution >= 4 is 44.4 Å². The summed E-state index contributed by atoms with van der Waals surface area (Å²) in [4.78, 5) is 21.7. The molecule has 0 radical (unpaired) electrons. The smallest absolute Gasteiger partial charge is 0.233 e. The summed E-state index contributed by atoms with van der Waals surface area (Å²) in [5.41, 5.74) is 0.203. The topological polar surface area (TPSA) is 36.4 Å². The number of benzene rings is 2. The first-order valence-electron chi connectivity index (χ1n) is 8.56. The fourth-order valence-corrected chi connectivity index (χ4v) is 4.86. The van der Waals surface area contributed by atoms with E-state index >= 15 is 0 Å². The van der Waals surface area contributed by atoms with Crippen LogP contribution in [0, 0.1) is 11.6 Å². The molecule has 0 atom stereocenters. The fourth-order valence-electron chi connectivity index (χ4n) is 2.98. The Morgan fingerprint density at radius 2 is 1.85 bits per heavy atom. The Morgan fingerprint density at radius 1 is 1.11 bits per heavy atom. The molecular weight excluding hydrogens is 388 g/mol. The molecule has 8 heteroatoms. The van der Waals surface area contributed by atoms with Crippen LogP contribution in [0.4, 0.5) is 13.9 Å². The van der Waals surface area contributed by atoms with Gasteiger partial charge < -0.3 is 9.80 Å². The number of halogens is 2. The van der Waals surface area contributed by atoms with Gasteiger partial charge in [0.05, 0.1) is 10.5 Å². The summed E-state index contributed by atoms with van der Waals surface area (Å²) < 4.78 is 27.7. The minimum Gasteiger partial charge on any atom is -0.345 e. The largest absolute Gasteiger partial charge is 0.345 e. The number of thiazole rings is 1. The number of hydrogen-bond donors (Lipinski definition) is 0. The van der Waals surface area contributed by atoms with Gasteiger partial charge in [-0.3, -0.25) is 4.79 Å². The van der Waals surface area contributed by atoms with Crippen LogP contribution in [0.25, 0.3) is 10.2 Å². The first-order valence-corrected chi connectivity index (χ1v) is 10.4. The number of piperazine rings is 1. The molecule has 1 aromatic heterocycles. The average molecular weight is 405 g/mol. The predicted molar refractivity (Wildman–Crippen MR) is 105 cm³/mol. The van der Waals surface area contributed by atoms with Gasteiger partial charge >= 0.3 is 0 Å². The molecule has 140 valence electrons. The Kier molecular flexibility index (Phi) is 5.27. The molecule has 0 N–H and O–H groups in total. The van der Waals surface area contributed by atoms with Crippen molar-refractivity contribution in [2.75, 3.05) is 36.8 Å². The number of nitrogens with zero attached hydrogens (tertiary/aromatic N) is 3. The highest BCUT2D eigenvalue weighted by Gasteiger charge is 2.23. The third kappa shape index (κ3) is 4.06. The predicted octanol–water partition coefficient (Wildman–Crippen LogP) is 4.02. The van der Waals surface area contributed by atoms with Gasteiger partial charge in [-0.15, -0.1) is 11.8 Å². The maximum absolute atomic E-state index is 13.9. The molecule has 4 rings (SSSR count). The van der Waals surface area contributed by atoms with Crippen LogP contribution in [0.1, 0.15) is 0 Å². The molecule has 0 aliphatic carbocycles. The Hall–Kier alpha value is -2.19. The van der Waals surface area contributed by atoms with Crippen LogP contribution in [-0.2, 0) is 4.79 Å². The molecule has 4 nitrogen and oxygen atoms in total. The zero-order valence-electron chi connectivity index (χ0n) is 14.4. The molecule has 3 aromatic rings. The van der Waals surface area contributed by atoms with E-state index in [2.05, 4.69) is 4.98 Å². The van der Waals surface area contributed by atoms with Crippen molar-refractivity contribution < 1.29 is 13.6 Å². The van der Waals surface area contributed by atoms with Crippen LogP contribution in [-0.4, -0.2) is 47.7 Å². The average Bonchev–Trinajstić information content (AvgIpc) is 3.11. The van der Waals surface area contributed by atoms with Crippen molar-refractivity contribution in [3.05, 3.63) is 54.1 Å². The Balaban J connectivity index is 1.36. The lowest BCUT2D eigenvalue weighted by atomic mass is 10.3. The quantitative estimate of drug-likeness (QED) is 0.615. The maximum Gasteiger partial charge on any atom is 0.233 e. The van der Waals surface area contributed by atoms with E-state index in [1.165, 1.54) is 29.2 Å². The van der Waals surface area contributed by atoms with E-state index in [9.17, 15) is 13.6 Å². The number of amides is 1. The van der Waals surface area contributed by atoms with Crippen LogP contribution in [0.5, 0.6) is 0 Å². The Labute approximate surface area is 163 Å². The zero-order valence-corrected chi connectivity index (χ0v) is 16.0. The van der Waals surface area contributed by atoms with Gasteiger partial charge in [-0.2, -0.15) is 0 Å². The van der Waals surface area contributed by atoms with Crippen LogP contribution >= 0.6 is 23.1 Å². The second-order valence-corrected chi connectivity index (χ2v) is 8.26. The molecule has 0 unspecified atom stereocenters. The van der Waals surface area contributed by atoms with Crippen molar-refractivity contribution in [1.82, 2.24) is 9.88 Å². The van der Waals surface area contributed by atoms with Crippen LogP contribution in [0.3, 0.4) is 0 Å². The molecule has 1 aliphatic heterocycles. The molecule has 0 saturated carbocycles. The van der Waals surface area contributed by atoms with Gasteiger partial charge in [-0.05, 0) is 18.2 Å². The number of fused-ring (bicyclic) bond motifs is 1. The summed E-state index contributed by atoms with van der Waals surface area (Å²) in [5.74, 6) is -0.711. The zero-order chi connectivity index (χ0) is 18.8. The minimum absolute atomic E-state index is 0.112. The second kappa shape index (κ2) is 7.82. The SMILES string of the molecule is O=C(CSc1ccccc1)N1CCN(c2nc3c(F)cc(F)cc3s2)CC1. The van der Waals surface area contributed by atoms with E-state index in [1.807, 2.05) is 40.1 Å². The number of carbonyl (C=O) groups excluding carboxylic acids is 1.